The fourth-order valence-corrected chi connectivity index (χ4v) is 2.84. The Hall–Kier alpha value is -1.68. The quantitative estimate of drug-likeness (QED) is 0.899. The molecule has 1 heterocycles. The Balaban J connectivity index is 1.81. The van der Waals surface area contributed by atoms with Crippen molar-refractivity contribution in [3.8, 4) is 0 Å². The van der Waals surface area contributed by atoms with Gasteiger partial charge in [0.15, 0.2) is 5.82 Å². The number of rotatable bonds is 3. The fraction of sp³-hybridized carbons (Fsp3) is 0.429. The Labute approximate surface area is 106 Å². The van der Waals surface area contributed by atoms with Crippen molar-refractivity contribution in [2.75, 3.05) is 0 Å². The third-order valence-corrected chi connectivity index (χ3v) is 3.66. The van der Waals surface area contributed by atoms with Crippen LogP contribution in [0.4, 0.5) is 0 Å². The van der Waals surface area contributed by atoms with Crippen LogP contribution in [0.25, 0.3) is 0 Å². The van der Waals surface area contributed by atoms with Crippen LogP contribution in [0, 0.1) is 5.41 Å². The summed E-state index contributed by atoms with van der Waals surface area (Å²) in [6.07, 6.45) is 2.47. The lowest BCUT2D eigenvalue weighted by Crippen LogP contribution is -2.31. The Morgan fingerprint density at radius 1 is 1.39 bits per heavy atom. The maximum atomic E-state index is 4.75. The number of benzene rings is 1. The SMILES string of the molecule is CC1(C)Cc2ccccc2C1NCc1ncon1. The van der Waals surface area contributed by atoms with Crippen LogP contribution in [0.3, 0.4) is 0 Å². The molecule has 0 saturated carbocycles. The molecular weight excluding hydrogens is 226 g/mol. The van der Waals surface area contributed by atoms with Crippen LogP contribution in [0.1, 0.15) is 36.8 Å². The van der Waals surface area contributed by atoms with Crippen LogP contribution in [0.2, 0.25) is 0 Å². The van der Waals surface area contributed by atoms with E-state index in [4.69, 9.17) is 4.52 Å². The second-order valence-electron chi connectivity index (χ2n) is 5.53. The van der Waals surface area contributed by atoms with Crippen LogP contribution >= 0.6 is 0 Å². The lowest BCUT2D eigenvalue weighted by molar-refractivity contribution is 0.265. The van der Waals surface area contributed by atoms with Crippen LogP contribution in [0.5, 0.6) is 0 Å². The minimum atomic E-state index is 0.216. The highest BCUT2D eigenvalue weighted by atomic mass is 16.5. The standard InChI is InChI=1S/C14H17N3O/c1-14(2)7-10-5-3-4-6-11(10)13(14)15-8-12-16-9-18-17-12/h3-6,9,13,15H,7-8H2,1-2H3. The van der Waals surface area contributed by atoms with E-state index in [1.54, 1.807) is 0 Å². The van der Waals surface area contributed by atoms with Crippen molar-refractivity contribution in [3.63, 3.8) is 0 Å². The molecule has 3 rings (SSSR count). The number of hydrogen-bond acceptors (Lipinski definition) is 4. The molecule has 0 amide bonds. The minimum Gasteiger partial charge on any atom is -0.343 e. The van der Waals surface area contributed by atoms with Gasteiger partial charge in [-0.25, -0.2) is 0 Å². The summed E-state index contributed by atoms with van der Waals surface area (Å²) < 4.78 is 4.75. The molecule has 1 aliphatic rings. The van der Waals surface area contributed by atoms with E-state index in [0.29, 0.717) is 18.4 Å². The molecule has 0 fully saturated rings. The average molecular weight is 243 g/mol. The molecule has 18 heavy (non-hydrogen) atoms. The Bertz CT molecular complexity index is 534. The van der Waals surface area contributed by atoms with Gasteiger partial charge in [-0.15, -0.1) is 0 Å². The van der Waals surface area contributed by atoms with E-state index in [2.05, 4.69) is 53.6 Å². The monoisotopic (exact) mass is 243 g/mol. The van der Waals surface area contributed by atoms with Crippen molar-refractivity contribution in [3.05, 3.63) is 47.6 Å². The molecule has 0 radical (unpaired) electrons. The predicted molar refractivity (Wildman–Crippen MR) is 67.8 cm³/mol. The van der Waals surface area contributed by atoms with Crippen LogP contribution < -0.4 is 5.32 Å². The predicted octanol–water partition coefficient (Wildman–Crippen LogP) is 2.48. The number of fused-ring (bicyclic) bond motifs is 1. The highest BCUT2D eigenvalue weighted by Gasteiger charge is 2.38. The summed E-state index contributed by atoms with van der Waals surface area (Å²) in [5.41, 5.74) is 3.05. The summed E-state index contributed by atoms with van der Waals surface area (Å²) in [7, 11) is 0. The zero-order valence-electron chi connectivity index (χ0n) is 10.7. The molecule has 1 aliphatic carbocycles. The van der Waals surface area contributed by atoms with Crippen molar-refractivity contribution in [1.82, 2.24) is 15.5 Å². The molecule has 94 valence electrons. The van der Waals surface area contributed by atoms with Crippen molar-refractivity contribution in [2.45, 2.75) is 32.9 Å². The first-order valence-corrected chi connectivity index (χ1v) is 6.23. The summed E-state index contributed by atoms with van der Waals surface area (Å²) in [6.45, 7) is 5.22. The number of nitrogens with zero attached hydrogens (tertiary/aromatic N) is 2. The summed E-state index contributed by atoms with van der Waals surface area (Å²) in [6, 6.07) is 8.97. The molecule has 4 heteroatoms. The maximum Gasteiger partial charge on any atom is 0.213 e. The molecule has 0 aliphatic heterocycles. The van der Waals surface area contributed by atoms with Gasteiger partial charge in [-0.1, -0.05) is 43.3 Å². The molecule has 1 atom stereocenters. The molecule has 1 aromatic carbocycles. The van der Waals surface area contributed by atoms with Crippen molar-refractivity contribution >= 4 is 0 Å². The van der Waals surface area contributed by atoms with Crippen LogP contribution in [-0.4, -0.2) is 10.1 Å². The summed E-state index contributed by atoms with van der Waals surface area (Å²) in [4.78, 5) is 4.04. The minimum absolute atomic E-state index is 0.216. The van der Waals surface area contributed by atoms with Gasteiger partial charge in [-0.2, -0.15) is 4.98 Å². The van der Waals surface area contributed by atoms with Gasteiger partial charge in [0.2, 0.25) is 6.39 Å². The highest BCUT2D eigenvalue weighted by molar-refractivity contribution is 5.37. The number of hydrogen-bond donors (Lipinski definition) is 1. The number of aromatic nitrogens is 2. The average Bonchev–Trinajstić information content (AvgIpc) is 2.91. The fourth-order valence-electron chi connectivity index (χ4n) is 2.84. The van der Waals surface area contributed by atoms with Gasteiger partial charge in [0.05, 0.1) is 6.54 Å². The molecule has 0 saturated heterocycles. The van der Waals surface area contributed by atoms with Gasteiger partial charge in [0.25, 0.3) is 0 Å². The molecule has 1 unspecified atom stereocenters. The van der Waals surface area contributed by atoms with E-state index in [1.165, 1.54) is 17.5 Å². The molecular formula is C14H17N3O. The van der Waals surface area contributed by atoms with Crippen LogP contribution in [0.15, 0.2) is 35.2 Å². The van der Waals surface area contributed by atoms with Gasteiger partial charge >= 0.3 is 0 Å². The Morgan fingerprint density at radius 2 is 2.22 bits per heavy atom. The summed E-state index contributed by atoms with van der Waals surface area (Å²) in [5.74, 6) is 0.704. The van der Waals surface area contributed by atoms with E-state index in [1.807, 2.05) is 0 Å². The molecule has 0 spiro atoms. The second kappa shape index (κ2) is 4.21. The first kappa shape index (κ1) is 11.4. The third-order valence-electron chi connectivity index (χ3n) is 3.66. The lowest BCUT2D eigenvalue weighted by atomic mass is 9.85. The van der Waals surface area contributed by atoms with Gasteiger partial charge in [0.1, 0.15) is 0 Å². The van der Waals surface area contributed by atoms with Gasteiger partial charge in [-0.3, -0.25) is 0 Å². The number of nitrogens with one attached hydrogen (secondary N) is 1. The van der Waals surface area contributed by atoms with E-state index in [0.717, 1.165) is 6.42 Å². The van der Waals surface area contributed by atoms with E-state index in [-0.39, 0.29) is 5.41 Å². The Morgan fingerprint density at radius 3 is 3.00 bits per heavy atom. The van der Waals surface area contributed by atoms with E-state index >= 15 is 0 Å². The molecule has 1 N–H and O–H groups in total. The van der Waals surface area contributed by atoms with Gasteiger partial charge in [0, 0.05) is 6.04 Å². The topological polar surface area (TPSA) is 51.0 Å². The third kappa shape index (κ3) is 1.93. The molecule has 2 aromatic rings. The maximum absolute atomic E-state index is 4.75. The molecule has 4 nitrogen and oxygen atoms in total. The van der Waals surface area contributed by atoms with Gasteiger partial charge in [-0.05, 0) is 23.0 Å². The van der Waals surface area contributed by atoms with Gasteiger partial charge < -0.3 is 9.84 Å². The zero-order chi connectivity index (χ0) is 12.6. The Kier molecular flexibility index (Phi) is 2.67. The first-order chi connectivity index (χ1) is 8.67. The van der Waals surface area contributed by atoms with E-state index < -0.39 is 0 Å². The summed E-state index contributed by atoms with van der Waals surface area (Å²) >= 11 is 0. The molecule has 0 bridgehead atoms. The largest absolute Gasteiger partial charge is 0.343 e. The van der Waals surface area contributed by atoms with E-state index in [9.17, 15) is 0 Å². The normalized spacial score (nSPS) is 20.9. The van der Waals surface area contributed by atoms with Crippen molar-refractivity contribution in [1.29, 1.82) is 0 Å². The molecule has 1 aromatic heterocycles. The smallest absolute Gasteiger partial charge is 0.213 e. The summed E-state index contributed by atoms with van der Waals surface area (Å²) in [5, 5.41) is 7.38. The lowest BCUT2D eigenvalue weighted by Gasteiger charge is -2.28. The first-order valence-electron chi connectivity index (χ1n) is 6.23. The highest BCUT2D eigenvalue weighted by Crippen LogP contribution is 2.44. The van der Waals surface area contributed by atoms with Crippen molar-refractivity contribution < 1.29 is 4.52 Å². The van der Waals surface area contributed by atoms with Crippen molar-refractivity contribution in [2.24, 2.45) is 5.41 Å². The van der Waals surface area contributed by atoms with Crippen LogP contribution in [-0.2, 0) is 13.0 Å². The second-order valence-corrected chi connectivity index (χ2v) is 5.53. The zero-order valence-corrected chi connectivity index (χ0v) is 10.7.